The van der Waals surface area contributed by atoms with Crippen molar-refractivity contribution in [1.29, 1.82) is 0 Å². The second-order valence-electron chi connectivity index (χ2n) is 3.47. The number of hydrogen-bond donors (Lipinski definition) is 1. The predicted molar refractivity (Wildman–Crippen MR) is 61.9 cm³/mol. The number of rotatable bonds is 2. The molecule has 0 saturated carbocycles. The van der Waals surface area contributed by atoms with E-state index in [9.17, 15) is 4.79 Å². The summed E-state index contributed by atoms with van der Waals surface area (Å²) in [5, 5.41) is 3.26. The topological polar surface area (TPSA) is 51.2 Å². The molecule has 1 atom stereocenters. The first kappa shape index (κ1) is 11.6. The van der Waals surface area contributed by atoms with E-state index in [0.29, 0.717) is 22.3 Å². The van der Waals surface area contributed by atoms with Gasteiger partial charge in [-0.05, 0) is 12.8 Å². The third-order valence-corrected chi connectivity index (χ3v) is 3.11. The van der Waals surface area contributed by atoms with Crippen LogP contribution in [0.2, 0.25) is 10.0 Å². The second-order valence-corrected chi connectivity index (χ2v) is 4.26. The smallest absolute Gasteiger partial charge is 0.253 e. The molecule has 0 spiro atoms. The molecule has 16 heavy (non-hydrogen) atoms. The Kier molecular flexibility index (Phi) is 3.63. The Labute approximate surface area is 103 Å². The van der Waals surface area contributed by atoms with E-state index in [1.165, 1.54) is 12.4 Å². The summed E-state index contributed by atoms with van der Waals surface area (Å²) in [6.45, 7) is 0.625. The summed E-state index contributed by atoms with van der Waals surface area (Å²) in [7, 11) is 0. The molecular weight excluding hydrogens is 251 g/mol. The monoisotopic (exact) mass is 260 g/mol. The van der Waals surface area contributed by atoms with Gasteiger partial charge in [0.25, 0.3) is 5.91 Å². The van der Waals surface area contributed by atoms with Crippen LogP contribution in [0, 0.1) is 0 Å². The molecule has 6 heteroatoms. The Morgan fingerprint density at radius 3 is 3.00 bits per heavy atom. The molecule has 0 unspecified atom stereocenters. The van der Waals surface area contributed by atoms with E-state index in [-0.39, 0.29) is 5.91 Å². The molecule has 1 saturated heterocycles. The Morgan fingerprint density at radius 1 is 1.50 bits per heavy atom. The molecular formula is C10H10Cl2N2O2. The van der Waals surface area contributed by atoms with E-state index < -0.39 is 6.10 Å². The van der Waals surface area contributed by atoms with E-state index in [1.54, 1.807) is 0 Å². The minimum Gasteiger partial charge on any atom is -0.368 e. The van der Waals surface area contributed by atoms with Gasteiger partial charge >= 0.3 is 0 Å². The van der Waals surface area contributed by atoms with Gasteiger partial charge < -0.3 is 10.1 Å². The van der Waals surface area contributed by atoms with Gasteiger partial charge in [-0.15, -0.1) is 0 Å². The van der Waals surface area contributed by atoms with Crippen LogP contribution < -0.4 is 5.32 Å². The van der Waals surface area contributed by atoms with Crippen LogP contribution in [0.25, 0.3) is 0 Å². The first-order valence-corrected chi connectivity index (χ1v) is 5.65. The van der Waals surface area contributed by atoms with Crippen molar-refractivity contribution < 1.29 is 9.53 Å². The Balaban J connectivity index is 2.08. The zero-order chi connectivity index (χ0) is 11.5. The van der Waals surface area contributed by atoms with Crippen LogP contribution in [0.3, 0.4) is 0 Å². The van der Waals surface area contributed by atoms with E-state index in [0.717, 1.165) is 12.8 Å². The number of ether oxygens (including phenoxy) is 1. The van der Waals surface area contributed by atoms with Crippen molar-refractivity contribution in [2.75, 3.05) is 11.9 Å². The summed E-state index contributed by atoms with van der Waals surface area (Å²) < 4.78 is 5.25. The molecule has 0 aromatic carbocycles. The number of nitrogens with zero attached hydrogens (tertiary/aromatic N) is 1. The summed E-state index contributed by atoms with van der Waals surface area (Å²) in [5.74, 6) is -0.205. The standard InChI is InChI=1S/C10H10Cl2N2O2/c11-6-4-13-5-7(9(6)12)14-10(15)8-2-1-3-16-8/h4-5,8H,1-3H2,(H,14,15)/t8-/m1/s1. The summed E-state index contributed by atoms with van der Waals surface area (Å²) in [6.07, 6.45) is 4.12. The zero-order valence-electron chi connectivity index (χ0n) is 8.37. The average molecular weight is 261 g/mol. The maximum absolute atomic E-state index is 11.7. The molecule has 0 bridgehead atoms. The van der Waals surface area contributed by atoms with Gasteiger partial charge in [-0.2, -0.15) is 0 Å². The number of pyridine rings is 1. The third-order valence-electron chi connectivity index (χ3n) is 2.32. The van der Waals surface area contributed by atoms with Crippen molar-refractivity contribution in [2.24, 2.45) is 0 Å². The van der Waals surface area contributed by atoms with E-state index >= 15 is 0 Å². The molecule has 2 rings (SSSR count). The number of carbonyl (C=O) groups excluding carboxylic acids is 1. The highest BCUT2D eigenvalue weighted by molar-refractivity contribution is 6.43. The summed E-state index contributed by atoms with van der Waals surface area (Å²) >= 11 is 11.7. The Hall–Kier alpha value is -0.840. The highest BCUT2D eigenvalue weighted by Gasteiger charge is 2.24. The first-order chi connectivity index (χ1) is 7.68. The Morgan fingerprint density at radius 2 is 2.31 bits per heavy atom. The van der Waals surface area contributed by atoms with Gasteiger partial charge in [0.1, 0.15) is 6.10 Å². The minimum atomic E-state index is -0.393. The number of anilines is 1. The fourth-order valence-electron chi connectivity index (χ4n) is 1.50. The van der Waals surface area contributed by atoms with Crippen LogP contribution in [-0.4, -0.2) is 23.6 Å². The van der Waals surface area contributed by atoms with Crippen LogP contribution in [0.15, 0.2) is 12.4 Å². The molecule has 4 nitrogen and oxygen atoms in total. The van der Waals surface area contributed by atoms with Gasteiger partial charge in [-0.25, -0.2) is 0 Å². The lowest BCUT2D eigenvalue weighted by molar-refractivity contribution is -0.124. The molecule has 1 N–H and O–H groups in total. The SMILES string of the molecule is O=C(Nc1cncc(Cl)c1Cl)[C@H]1CCCO1. The van der Waals surface area contributed by atoms with Gasteiger partial charge in [0.15, 0.2) is 0 Å². The summed E-state index contributed by atoms with van der Waals surface area (Å²) in [6, 6.07) is 0. The predicted octanol–water partition coefficient (Wildman–Crippen LogP) is 2.51. The van der Waals surface area contributed by atoms with Crippen molar-refractivity contribution >= 4 is 34.8 Å². The van der Waals surface area contributed by atoms with Crippen molar-refractivity contribution in [1.82, 2.24) is 4.98 Å². The molecule has 86 valence electrons. The lowest BCUT2D eigenvalue weighted by atomic mass is 10.2. The summed E-state index contributed by atoms with van der Waals surface area (Å²) in [4.78, 5) is 15.6. The lowest BCUT2D eigenvalue weighted by Gasteiger charge is -2.11. The van der Waals surface area contributed by atoms with Crippen molar-refractivity contribution in [3.63, 3.8) is 0 Å². The number of amides is 1. The average Bonchev–Trinajstić information content (AvgIpc) is 2.78. The fourth-order valence-corrected chi connectivity index (χ4v) is 1.81. The molecule has 0 aliphatic carbocycles. The van der Waals surface area contributed by atoms with Crippen molar-refractivity contribution in [3.05, 3.63) is 22.4 Å². The Bertz CT molecular complexity index is 406. The van der Waals surface area contributed by atoms with Crippen molar-refractivity contribution in [3.8, 4) is 0 Å². The van der Waals surface area contributed by atoms with Crippen LogP contribution in [0.4, 0.5) is 5.69 Å². The highest BCUT2D eigenvalue weighted by Crippen LogP contribution is 2.28. The second kappa shape index (κ2) is 4.99. The van der Waals surface area contributed by atoms with E-state index in [1.807, 2.05) is 0 Å². The highest BCUT2D eigenvalue weighted by atomic mass is 35.5. The molecule has 0 radical (unpaired) electrons. The number of carbonyl (C=O) groups is 1. The normalized spacial score (nSPS) is 19.8. The molecule has 2 heterocycles. The molecule has 1 amide bonds. The molecule has 1 aliphatic heterocycles. The number of halogens is 2. The molecule has 1 aliphatic rings. The molecule has 1 fully saturated rings. The molecule has 1 aromatic rings. The summed E-state index contributed by atoms with van der Waals surface area (Å²) in [5.41, 5.74) is 0.412. The van der Waals surface area contributed by atoms with E-state index in [4.69, 9.17) is 27.9 Å². The van der Waals surface area contributed by atoms with Crippen LogP contribution >= 0.6 is 23.2 Å². The maximum atomic E-state index is 11.7. The van der Waals surface area contributed by atoms with Gasteiger partial charge in [0, 0.05) is 12.8 Å². The number of nitrogens with one attached hydrogen (secondary N) is 1. The van der Waals surface area contributed by atoms with Gasteiger partial charge in [-0.3, -0.25) is 9.78 Å². The van der Waals surface area contributed by atoms with E-state index in [2.05, 4.69) is 10.3 Å². The third kappa shape index (κ3) is 2.45. The van der Waals surface area contributed by atoms with Gasteiger partial charge in [-0.1, -0.05) is 23.2 Å². The molecule has 1 aromatic heterocycles. The first-order valence-electron chi connectivity index (χ1n) is 4.90. The van der Waals surface area contributed by atoms with Crippen LogP contribution in [0.1, 0.15) is 12.8 Å². The lowest BCUT2D eigenvalue weighted by Crippen LogP contribution is -2.27. The van der Waals surface area contributed by atoms with Crippen LogP contribution in [0.5, 0.6) is 0 Å². The van der Waals surface area contributed by atoms with Crippen LogP contribution in [-0.2, 0) is 9.53 Å². The zero-order valence-corrected chi connectivity index (χ0v) is 9.88. The largest absolute Gasteiger partial charge is 0.368 e. The minimum absolute atomic E-state index is 0.205. The van der Waals surface area contributed by atoms with Gasteiger partial charge in [0.05, 0.1) is 21.9 Å². The van der Waals surface area contributed by atoms with Gasteiger partial charge in [0.2, 0.25) is 0 Å². The fraction of sp³-hybridized carbons (Fsp3) is 0.400. The maximum Gasteiger partial charge on any atom is 0.253 e. The quantitative estimate of drug-likeness (QED) is 0.889. The van der Waals surface area contributed by atoms with Crippen molar-refractivity contribution in [2.45, 2.75) is 18.9 Å². The number of hydrogen-bond acceptors (Lipinski definition) is 3. The number of aromatic nitrogens is 1.